The minimum Gasteiger partial charge on any atom is -0.378 e. The van der Waals surface area contributed by atoms with E-state index in [4.69, 9.17) is 24.2 Å². The molecule has 2 aliphatic heterocycles. The zero-order valence-electron chi connectivity index (χ0n) is 16.9. The summed E-state index contributed by atoms with van der Waals surface area (Å²) in [6.45, 7) is 7.45. The number of benzene rings is 1. The predicted octanol–water partition coefficient (Wildman–Crippen LogP) is 2.91. The van der Waals surface area contributed by atoms with Crippen molar-refractivity contribution in [2.24, 2.45) is 0 Å². The highest BCUT2D eigenvalue weighted by atomic mass is 19.1. The topological polar surface area (TPSA) is 74.5 Å². The molecule has 5 rings (SSSR count). The molecule has 0 radical (unpaired) electrons. The van der Waals surface area contributed by atoms with Crippen LogP contribution in [-0.2, 0) is 14.2 Å². The lowest BCUT2D eigenvalue weighted by Crippen LogP contribution is -2.37. The van der Waals surface area contributed by atoms with Gasteiger partial charge in [0.15, 0.2) is 5.82 Å². The van der Waals surface area contributed by atoms with Crippen LogP contribution in [0, 0.1) is 5.82 Å². The van der Waals surface area contributed by atoms with Crippen LogP contribution in [0.4, 0.5) is 10.3 Å². The lowest BCUT2D eigenvalue weighted by molar-refractivity contribution is -0.166. The Morgan fingerprint density at radius 3 is 2.48 bits per heavy atom. The number of ether oxygens (including phenoxy) is 3. The van der Waals surface area contributed by atoms with Gasteiger partial charge in [0.05, 0.1) is 32.1 Å². The fourth-order valence-electron chi connectivity index (χ4n) is 3.52. The van der Waals surface area contributed by atoms with Crippen LogP contribution in [0.5, 0.6) is 0 Å². The van der Waals surface area contributed by atoms with E-state index in [9.17, 15) is 4.39 Å². The molecule has 0 saturated carbocycles. The molecule has 3 aromatic rings. The van der Waals surface area contributed by atoms with E-state index >= 15 is 0 Å². The van der Waals surface area contributed by atoms with Gasteiger partial charge in [-0.15, -0.1) is 0 Å². The normalized spacial score (nSPS) is 17.8. The van der Waals surface area contributed by atoms with Crippen LogP contribution in [0.1, 0.15) is 12.1 Å². The standard InChI is InChI=1S/C22H22FN5O3/c1-15-13-30-21(31-14-15)20-25-18(16-2-4-17(23)5-3-16)12-28(20)19-6-7-24-22(26-19)27-8-10-29-11-9-27/h2-7,12,21H,1,8-11,13-14H2. The molecule has 2 saturated heterocycles. The smallest absolute Gasteiger partial charge is 0.227 e. The summed E-state index contributed by atoms with van der Waals surface area (Å²) in [4.78, 5) is 16.0. The van der Waals surface area contributed by atoms with E-state index in [1.54, 1.807) is 18.3 Å². The minimum absolute atomic E-state index is 0.299. The van der Waals surface area contributed by atoms with Gasteiger partial charge < -0.3 is 19.1 Å². The summed E-state index contributed by atoms with van der Waals surface area (Å²) in [5.74, 6) is 1.52. The Labute approximate surface area is 178 Å². The van der Waals surface area contributed by atoms with E-state index in [1.807, 2.05) is 16.8 Å². The first-order valence-electron chi connectivity index (χ1n) is 10.1. The number of hydrogen-bond acceptors (Lipinski definition) is 7. The van der Waals surface area contributed by atoms with Crippen LogP contribution >= 0.6 is 0 Å². The Kier molecular flexibility index (Phi) is 5.46. The highest BCUT2D eigenvalue weighted by Crippen LogP contribution is 2.29. The molecule has 31 heavy (non-hydrogen) atoms. The van der Waals surface area contributed by atoms with Gasteiger partial charge in [-0.25, -0.2) is 14.4 Å². The van der Waals surface area contributed by atoms with Crippen LogP contribution in [-0.4, -0.2) is 59.0 Å². The number of halogens is 1. The van der Waals surface area contributed by atoms with Gasteiger partial charge in [-0.2, -0.15) is 4.98 Å². The highest BCUT2D eigenvalue weighted by molar-refractivity contribution is 5.59. The van der Waals surface area contributed by atoms with Gasteiger partial charge in [0.2, 0.25) is 12.2 Å². The number of anilines is 1. The van der Waals surface area contributed by atoms with E-state index in [-0.39, 0.29) is 5.82 Å². The summed E-state index contributed by atoms with van der Waals surface area (Å²) in [6, 6.07) is 8.01. The molecular formula is C22H22FN5O3. The van der Waals surface area contributed by atoms with Gasteiger partial charge in [0, 0.05) is 31.0 Å². The van der Waals surface area contributed by atoms with E-state index < -0.39 is 6.29 Å². The Hall–Kier alpha value is -3.14. The van der Waals surface area contributed by atoms with Crippen molar-refractivity contribution in [3.05, 3.63) is 66.5 Å². The van der Waals surface area contributed by atoms with Crippen molar-refractivity contribution < 1.29 is 18.6 Å². The summed E-state index contributed by atoms with van der Waals surface area (Å²) in [5.41, 5.74) is 2.31. The largest absolute Gasteiger partial charge is 0.378 e. The van der Waals surface area contributed by atoms with E-state index in [2.05, 4.69) is 16.5 Å². The Morgan fingerprint density at radius 2 is 1.74 bits per heavy atom. The minimum atomic E-state index is -0.665. The molecule has 0 spiro atoms. The SMILES string of the molecule is C=C1COC(c2nc(-c3ccc(F)cc3)cn2-c2ccnc(N3CCOCC3)n2)OC1. The summed E-state index contributed by atoms with van der Waals surface area (Å²) < 4.78 is 32.3. The fraction of sp³-hybridized carbons (Fsp3) is 0.318. The van der Waals surface area contributed by atoms with Crippen LogP contribution in [0.3, 0.4) is 0 Å². The molecule has 4 heterocycles. The van der Waals surface area contributed by atoms with Crippen molar-refractivity contribution in [2.45, 2.75) is 6.29 Å². The van der Waals surface area contributed by atoms with Crippen molar-refractivity contribution in [1.29, 1.82) is 0 Å². The highest BCUT2D eigenvalue weighted by Gasteiger charge is 2.26. The second kappa shape index (κ2) is 8.54. The average Bonchev–Trinajstić information content (AvgIpc) is 3.26. The maximum absolute atomic E-state index is 13.4. The van der Waals surface area contributed by atoms with E-state index in [0.717, 1.165) is 24.2 Å². The third-order valence-corrected chi connectivity index (χ3v) is 5.13. The van der Waals surface area contributed by atoms with Gasteiger partial charge >= 0.3 is 0 Å². The zero-order valence-corrected chi connectivity index (χ0v) is 16.9. The Morgan fingerprint density at radius 1 is 1.00 bits per heavy atom. The number of rotatable bonds is 4. The quantitative estimate of drug-likeness (QED) is 0.598. The number of nitrogens with zero attached hydrogens (tertiary/aromatic N) is 5. The van der Waals surface area contributed by atoms with Crippen LogP contribution in [0.15, 0.2) is 54.9 Å². The molecule has 9 heteroatoms. The third-order valence-electron chi connectivity index (χ3n) is 5.13. The number of hydrogen-bond donors (Lipinski definition) is 0. The lowest BCUT2D eigenvalue weighted by Gasteiger charge is -2.27. The van der Waals surface area contributed by atoms with Crippen LogP contribution in [0.25, 0.3) is 17.1 Å². The molecular weight excluding hydrogens is 401 g/mol. The molecule has 2 aliphatic rings. The van der Waals surface area contributed by atoms with Gasteiger partial charge in [-0.3, -0.25) is 4.57 Å². The maximum atomic E-state index is 13.4. The van der Waals surface area contributed by atoms with Crippen molar-refractivity contribution in [3.8, 4) is 17.1 Å². The van der Waals surface area contributed by atoms with Crippen LogP contribution in [0.2, 0.25) is 0 Å². The van der Waals surface area contributed by atoms with Crippen molar-refractivity contribution >= 4 is 5.95 Å². The molecule has 160 valence electrons. The number of imidazole rings is 1. The number of morpholine rings is 1. The van der Waals surface area contributed by atoms with Crippen molar-refractivity contribution in [3.63, 3.8) is 0 Å². The van der Waals surface area contributed by atoms with Crippen molar-refractivity contribution in [2.75, 3.05) is 44.4 Å². The first kappa shape index (κ1) is 19.8. The molecule has 1 aromatic carbocycles. The summed E-state index contributed by atoms with van der Waals surface area (Å²) in [6.07, 6.45) is 2.91. The zero-order chi connectivity index (χ0) is 21.2. The molecule has 2 aromatic heterocycles. The molecule has 0 aliphatic carbocycles. The maximum Gasteiger partial charge on any atom is 0.227 e. The molecule has 2 fully saturated rings. The van der Waals surface area contributed by atoms with Gasteiger partial charge in [0.25, 0.3) is 0 Å². The molecule has 0 atom stereocenters. The number of aromatic nitrogens is 4. The predicted molar refractivity (Wildman–Crippen MR) is 111 cm³/mol. The molecule has 0 N–H and O–H groups in total. The summed E-state index contributed by atoms with van der Waals surface area (Å²) in [7, 11) is 0. The monoisotopic (exact) mass is 423 g/mol. The molecule has 0 unspecified atom stereocenters. The first-order valence-corrected chi connectivity index (χ1v) is 10.1. The van der Waals surface area contributed by atoms with Crippen LogP contribution < -0.4 is 4.90 Å². The fourth-order valence-corrected chi connectivity index (χ4v) is 3.52. The Balaban J connectivity index is 1.54. The summed E-state index contributed by atoms with van der Waals surface area (Å²) in [5, 5.41) is 0. The van der Waals surface area contributed by atoms with Gasteiger partial charge in [-0.05, 0) is 35.9 Å². The van der Waals surface area contributed by atoms with Gasteiger partial charge in [-0.1, -0.05) is 6.58 Å². The Bertz CT molecular complexity index is 1070. The van der Waals surface area contributed by atoms with Crippen molar-refractivity contribution in [1.82, 2.24) is 19.5 Å². The molecule has 0 bridgehead atoms. The molecule has 8 nitrogen and oxygen atoms in total. The molecule has 0 amide bonds. The second-order valence-corrected chi connectivity index (χ2v) is 7.38. The van der Waals surface area contributed by atoms with E-state index in [0.29, 0.717) is 49.7 Å². The first-order chi connectivity index (χ1) is 15.2. The van der Waals surface area contributed by atoms with Gasteiger partial charge in [0.1, 0.15) is 11.6 Å². The third kappa shape index (κ3) is 4.20. The summed E-state index contributed by atoms with van der Waals surface area (Å²) >= 11 is 0. The second-order valence-electron chi connectivity index (χ2n) is 7.38. The lowest BCUT2D eigenvalue weighted by atomic mass is 10.2. The average molecular weight is 423 g/mol. The van der Waals surface area contributed by atoms with E-state index in [1.165, 1.54) is 12.1 Å².